The van der Waals surface area contributed by atoms with Gasteiger partial charge in [-0.1, -0.05) is 12.8 Å². The number of ether oxygens (including phenoxy) is 1. The van der Waals surface area contributed by atoms with Crippen molar-refractivity contribution in [3.63, 3.8) is 0 Å². The first-order valence-corrected chi connectivity index (χ1v) is 5.33. The van der Waals surface area contributed by atoms with Gasteiger partial charge in [0, 0.05) is 6.92 Å². The van der Waals surface area contributed by atoms with E-state index in [-0.39, 0.29) is 0 Å². The Morgan fingerprint density at radius 2 is 2.38 bits per heavy atom. The number of esters is 1. The van der Waals surface area contributed by atoms with E-state index >= 15 is 0 Å². The molecule has 0 aromatic rings. The highest BCUT2D eigenvalue weighted by Crippen LogP contribution is 2.03. The summed E-state index contributed by atoms with van der Waals surface area (Å²) in [6.45, 7) is 3.67. The number of thioether (sulfide) groups is 1. The summed E-state index contributed by atoms with van der Waals surface area (Å²) in [6, 6.07) is -0.542. The van der Waals surface area contributed by atoms with Gasteiger partial charge in [0.25, 0.3) is 0 Å². The van der Waals surface area contributed by atoms with Crippen LogP contribution in [0, 0.1) is 12.0 Å². The van der Waals surface area contributed by atoms with E-state index < -0.39 is 12.0 Å². The van der Waals surface area contributed by atoms with Crippen LogP contribution in [0.1, 0.15) is 20.3 Å². The quantitative estimate of drug-likeness (QED) is 0.409. The lowest BCUT2D eigenvalue weighted by Crippen LogP contribution is -2.31. The fraction of sp³-hybridized carbons (Fsp3) is 0.667. The summed E-state index contributed by atoms with van der Waals surface area (Å²) in [5.41, 5.74) is 5.54. The zero-order valence-electron chi connectivity index (χ0n) is 8.00. The van der Waals surface area contributed by atoms with Crippen molar-refractivity contribution < 1.29 is 9.53 Å². The van der Waals surface area contributed by atoms with Crippen molar-refractivity contribution in [1.82, 2.24) is 0 Å². The molecule has 0 saturated heterocycles. The maximum atomic E-state index is 11.0. The van der Waals surface area contributed by atoms with Crippen LogP contribution >= 0.6 is 11.8 Å². The van der Waals surface area contributed by atoms with E-state index in [0.717, 1.165) is 11.5 Å². The van der Waals surface area contributed by atoms with E-state index in [4.69, 9.17) is 5.73 Å². The normalized spacial score (nSPS) is 11.3. The van der Waals surface area contributed by atoms with Crippen molar-refractivity contribution in [2.75, 3.05) is 11.5 Å². The van der Waals surface area contributed by atoms with Crippen molar-refractivity contribution in [3.8, 4) is 12.0 Å². The summed E-state index contributed by atoms with van der Waals surface area (Å²) >= 11 is 1.75. The predicted octanol–water partition coefficient (Wildman–Crippen LogP) is 0.981. The average Bonchev–Trinajstić information content (AvgIpc) is 2.14. The molecule has 0 aliphatic heterocycles. The number of carbonyl (C=O) groups excluding carboxylic acids is 1. The summed E-state index contributed by atoms with van der Waals surface area (Å²) in [6.07, 6.45) is 2.87. The Kier molecular flexibility index (Phi) is 7.56. The average molecular weight is 201 g/mol. The van der Waals surface area contributed by atoms with Gasteiger partial charge in [-0.3, -0.25) is 0 Å². The molecule has 74 valence electrons. The van der Waals surface area contributed by atoms with Gasteiger partial charge in [-0.25, -0.2) is 4.79 Å². The highest BCUT2D eigenvalue weighted by molar-refractivity contribution is 7.99. The number of nitrogens with two attached hydrogens (primary N) is 1. The van der Waals surface area contributed by atoms with E-state index in [0.29, 0.717) is 6.42 Å². The number of rotatable bonds is 5. The van der Waals surface area contributed by atoms with Crippen LogP contribution in [0.4, 0.5) is 0 Å². The van der Waals surface area contributed by atoms with Crippen LogP contribution in [-0.4, -0.2) is 23.5 Å². The van der Waals surface area contributed by atoms with Crippen molar-refractivity contribution in [2.45, 2.75) is 26.3 Å². The van der Waals surface area contributed by atoms with Gasteiger partial charge in [-0.05, 0) is 17.9 Å². The van der Waals surface area contributed by atoms with Gasteiger partial charge in [0.2, 0.25) is 0 Å². The Balaban J connectivity index is 3.60. The van der Waals surface area contributed by atoms with E-state index in [1.165, 1.54) is 0 Å². The molecule has 4 heteroatoms. The predicted molar refractivity (Wildman–Crippen MR) is 55.1 cm³/mol. The molecule has 0 bridgehead atoms. The maximum absolute atomic E-state index is 11.0. The molecule has 0 aliphatic rings. The SMILES string of the molecule is CC#COC(=O)C(N)CCSCC. The first-order valence-electron chi connectivity index (χ1n) is 4.18. The number of carbonyl (C=O) groups is 1. The Hall–Kier alpha value is -0.660. The molecular weight excluding hydrogens is 186 g/mol. The Bertz CT molecular complexity index is 207. The second kappa shape index (κ2) is 7.96. The van der Waals surface area contributed by atoms with Crippen LogP contribution < -0.4 is 5.73 Å². The van der Waals surface area contributed by atoms with Crippen molar-refractivity contribution in [1.29, 1.82) is 0 Å². The van der Waals surface area contributed by atoms with E-state index in [9.17, 15) is 4.79 Å². The minimum absolute atomic E-state index is 0.439. The molecule has 13 heavy (non-hydrogen) atoms. The monoisotopic (exact) mass is 201 g/mol. The number of hydrogen-bond donors (Lipinski definition) is 1. The van der Waals surface area contributed by atoms with Gasteiger partial charge >= 0.3 is 5.97 Å². The maximum Gasteiger partial charge on any atom is 0.336 e. The third-order valence-electron chi connectivity index (χ3n) is 1.33. The minimum atomic E-state index is -0.542. The third-order valence-corrected chi connectivity index (χ3v) is 2.27. The van der Waals surface area contributed by atoms with Gasteiger partial charge < -0.3 is 10.5 Å². The van der Waals surface area contributed by atoms with Gasteiger partial charge in [0.1, 0.15) is 12.1 Å². The summed E-state index contributed by atoms with van der Waals surface area (Å²) in [5.74, 6) is 3.95. The lowest BCUT2D eigenvalue weighted by molar-refractivity contribution is -0.138. The summed E-state index contributed by atoms with van der Waals surface area (Å²) < 4.78 is 4.55. The molecule has 0 heterocycles. The molecule has 1 atom stereocenters. The molecule has 0 amide bonds. The van der Waals surface area contributed by atoms with Gasteiger partial charge in [-0.2, -0.15) is 11.8 Å². The minimum Gasteiger partial charge on any atom is -0.371 e. The van der Waals surface area contributed by atoms with Crippen LogP contribution in [0.3, 0.4) is 0 Å². The van der Waals surface area contributed by atoms with Gasteiger partial charge in [0.05, 0.1) is 0 Å². The molecule has 3 nitrogen and oxygen atoms in total. The number of hydrogen-bond acceptors (Lipinski definition) is 4. The zero-order chi connectivity index (χ0) is 10.1. The molecule has 0 fully saturated rings. The molecule has 2 N–H and O–H groups in total. The van der Waals surface area contributed by atoms with Crippen LogP contribution in [0.2, 0.25) is 0 Å². The second-order valence-electron chi connectivity index (χ2n) is 2.37. The lowest BCUT2D eigenvalue weighted by Gasteiger charge is -2.06. The van der Waals surface area contributed by atoms with E-state index in [2.05, 4.69) is 23.7 Å². The lowest BCUT2D eigenvalue weighted by atomic mass is 10.2. The molecule has 0 aromatic heterocycles. The van der Waals surface area contributed by atoms with Crippen molar-refractivity contribution in [2.24, 2.45) is 5.73 Å². The van der Waals surface area contributed by atoms with Gasteiger partial charge in [-0.15, -0.1) is 0 Å². The summed E-state index contributed by atoms with van der Waals surface area (Å²) in [5, 5.41) is 0. The highest BCUT2D eigenvalue weighted by Gasteiger charge is 2.13. The molecule has 0 radical (unpaired) electrons. The first-order chi connectivity index (χ1) is 6.22. The molecular formula is C9H15NO2S. The second-order valence-corrected chi connectivity index (χ2v) is 3.76. The standard InChI is InChI=1S/C9H15NO2S/c1-3-6-12-9(11)8(10)5-7-13-4-2/h8H,4-5,7,10H2,1-2H3. The first kappa shape index (κ1) is 12.3. The van der Waals surface area contributed by atoms with E-state index in [1.54, 1.807) is 18.7 Å². The molecule has 0 aliphatic carbocycles. The molecule has 0 aromatic carbocycles. The van der Waals surface area contributed by atoms with Crippen LogP contribution in [0.25, 0.3) is 0 Å². The van der Waals surface area contributed by atoms with Crippen LogP contribution in [-0.2, 0) is 9.53 Å². The molecule has 0 rings (SSSR count). The van der Waals surface area contributed by atoms with Crippen LogP contribution in [0.5, 0.6) is 0 Å². The molecule has 1 unspecified atom stereocenters. The topological polar surface area (TPSA) is 52.3 Å². The largest absolute Gasteiger partial charge is 0.371 e. The summed E-state index contributed by atoms with van der Waals surface area (Å²) in [7, 11) is 0. The Morgan fingerprint density at radius 3 is 2.92 bits per heavy atom. The van der Waals surface area contributed by atoms with Gasteiger partial charge in [0.15, 0.2) is 0 Å². The molecule has 0 spiro atoms. The zero-order valence-corrected chi connectivity index (χ0v) is 8.82. The Labute approximate surface area is 83.4 Å². The highest BCUT2D eigenvalue weighted by atomic mass is 32.2. The summed E-state index contributed by atoms with van der Waals surface area (Å²) in [4.78, 5) is 11.0. The fourth-order valence-electron chi connectivity index (χ4n) is 0.650. The Morgan fingerprint density at radius 1 is 1.69 bits per heavy atom. The van der Waals surface area contributed by atoms with Crippen molar-refractivity contribution >= 4 is 17.7 Å². The van der Waals surface area contributed by atoms with Crippen molar-refractivity contribution in [3.05, 3.63) is 0 Å². The molecule has 0 saturated carbocycles. The van der Waals surface area contributed by atoms with Crippen LogP contribution in [0.15, 0.2) is 0 Å². The third kappa shape index (κ3) is 6.50. The fourth-order valence-corrected chi connectivity index (χ4v) is 1.36. The van der Waals surface area contributed by atoms with E-state index in [1.807, 2.05) is 0 Å². The smallest absolute Gasteiger partial charge is 0.336 e.